The molecule has 0 saturated heterocycles. The lowest BCUT2D eigenvalue weighted by atomic mass is 9.76. The van der Waals surface area contributed by atoms with Gasteiger partial charge in [0.25, 0.3) is 0 Å². The lowest BCUT2D eigenvalue weighted by Crippen LogP contribution is -2.37. The Labute approximate surface area is 133 Å². The van der Waals surface area contributed by atoms with E-state index >= 15 is 0 Å². The van der Waals surface area contributed by atoms with Gasteiger partial charge in [-0.1, -0.05) is 42.0 Å². The lowest BCUT2D eigenvalue weighted by Gasteiger charge is -2.32. The van der Waals surface area contributed by atoms with Crippen molar-refractivity contribution in [3.05, 3.63) is 59.9 Å². The number of halogens is 1. The molecule has 1 heterocycles. The molecule has 1 amide bonds. The summed E-state index contributed by atoms with van der Waals surface area (Å²) in [5.41, 5.74) is 2.32. The van der Waals surface area contributed by atoms with Crippen LogP contribution in [0.2, 0.25) is 0 Å². The number of aliphatic hydroxyl groups is 1. The molecule has 3 rings (SSSR count). The molecule has 4 nitrogen and oxygen atoms in total. The number of nitrogens with one attached hydrogen (secondary N) is 1. The highest BCUT2D eigenvalue weighted by Crippen LogP contribution is 2.43. The molecule has 0 aromatic heterocycles. The number of alkyl halides is 1. The first-order valence-corrected chi connectivity index (χ1v) is 7.49. The van der Waals surface area contributed by atoms with Gasteiger partial charge in [0.05, 0.1) is 12.9 Å². The van der Waals surface area contributed by atoms with E-state index in [0.717, 1.165) is 22.5 Å². The number of rotatable bonds is 4. The van der Waals surface area contributed by atoms with Crippen LogP contribution < -0.4 is 10.1 Å². The zero-order valence-electron chi connectivity index (χ0n) is 11.8. The normalized spacial score (nSPS) is 23.9. The second kappa shape index (κ2) is 6.38. The Bertz CT molecular complexity index is 666. The van der Waals surface area contributed by atoms with Crippen molar-refractivity contribution in [2.24, 2.45) is 11.8 Å². The Morgan fingerprint density at radius 1 is 1.36 bits per heavy atom. The van der Waals surface area contributed by atoms with E-state index in [1.54, 1.807) is 6.26 Å². The molecule has 114 valence electrons. The van der Waals surface area contributed by atoms with Crippen LogP contribution in [0.1, 0.15) is 5.56 Å². The molecule has 0 fully saturated rings. The second-order valence-electron chi connectivity index (χ2n) is 5.20. The maximum atomic E-state index is 10.7. The first kappa shape index (κ1) is 14.9. The molecular weight excluding hydrogens is 302 g/mol. The van der Waals surface area contributed by atoms with Crippen molar-refractivity contribution in [1.82, 2.24) is 5.32 Å². The average Bonchev–Trinajstić information content (AvgIpc) is 2.73. The fraction of sp³-hybridized carbons (Fsp3) is 0.235. The summed E-state index contributed by atoms with van der Waals surface area (Å²) in [6, 6.07) is 7.69. The number of amides is 1. The van der Waals surface area contributed by atoms with Gasteiger partial charge in [0, 0.05) is 17.4 Å². The number of hydrogen-bond acceptors (Lipinski definition) is 3. The third kappa shape index (κ3) is 2.56. The number of carbonyl (C=O) groups is 1. The summed E-state index contributed by atoms with van der Waals surface area (Å²) in [6.07, 6.45) is 7.97. The van der Waals surface area contributed by atoms with E-state index in [4.69, 9.17) is 16.3 Å². The van der Waals surface area contributed by atoms with Crippen LogP contribution in [0.15, 0.2) is 54.3 Å². The molecule has 0 bridgehead atoms. The predicted molar refractivity (Wildman–Crippen MR) is 85.2 cm³/mol. The van der Waals surface area contributed by atoms with Crippen molar-refractivity contribution in [3.8, 4) is 5.75 Å². The van der Waals surface area contributed by atoms with Crippen molar-refractivity contribution < 1.29 is 14.6 Å². The Kier molecular flexibility index (Phi) is 4.32. The zero-order valence-corrected chi connectivity index (χ0v) is 12.5. The number of ether oxygens (including phenoxy) is 1. The first-order valence-electron chi connectivity index (χ1n) is 7.06. The number of hydrogen-bond donors (Lipinski definition) is 2. The minimum absolute atomic E-state index is 0.0697. The molecule has 1 aromatic carbocycles. The standard InChI is InChI=1S/C17H16ClNO3/c18-17(19-10-21)12-6-5-11-7-8-22-15-4-2-1-3-13(15)16(11)14(12)9-20/h1-8,10,12,14,17,20H,9H2,(H,19,21)/t12-,14+,17?/m0/s1. The Morgan fingerprint density at radius 2 is 2.18 bits per heavy atom. The van der Waals surface area contributed by atoms with Gasteiger partial charge in [-0.3, -0.25) is 4.79 Å². The maximum absolute atomic E-state index is 10.7. The predicted octanol–water partition coefficient (Wildman–Crippen LogP) is 2.45. The van der Waals surface area contributed by atoms with E-state index in [9.17, 15) is 9.90 Å². The minimum atomic E-state index is -0.583. The number of para-hydroxylation sites is 1. The van der Waals surface area contributed by atoms with E-state index in [2.05, 4.69) is 5.32 Å². The maximum Gasteiger partial charge on any atom is 0.208 e. The molecule has 2 N–H and O–H groups in total. The summed E-state index contributed by atoms with van der Waals surface area (Å²) < 4.78 is 5.63. The number of aliphatic hydroxyl groups excluding tert-OH is 1. The molecule has 0 spiro atoms. The highest BCUT2D eigenvalue weighted by Gasteiger charge is 2.34. The topological polar surface area (TPSA) is 58.6 Å². The molecule has 1 aliphatic carbocycles. The van der Waals surface area contributed by atoms with Crippen LogP contribution in [-0.4, -0.2) is 23.6 Å². The van der Waals surface area contributed by atoms with Gasteiger partial charge in [0.15, 0.2) is 0 Å². The lowest BCUT2D eigenvalue weighted by molar-refractivity contribution is -0.109. The molecule has 1 aliphatic heterocycles. The van der Waals surface area contributed by atoms with Crippen LogP contribution in [-0.2, 0) is 4.79 Å². The second-order valence-corrected chi connectivity index (χ2v) is 5.67. The van der Waals surface area contributed by atoms with Crippen molar-refractivity contribution in [3.63, 3.8) is 0 Å². The van der Waals surface area contributed by atoms with Crippen LogP contribution in [0, 0.1) is 11.8 Å². The van der Waals surface area contributed by atoms with Crippen LogP contribution in [0.3, 0.4) is 0 Å². The fourth-order valence-electron chi connectivity index (χ4n) is 3.01. The van der Waals surface area contributed by atoms with Crippen molar-refractivity contribution in [1.29, 1.82) is 0 Å². The molecule has 0 radical (unpaired) electrons. The summed E-state index contributed by atoms with van der Waals surface area (Å²) in [5, 5.41) is 12.5. The first-order chi connectivity index (χ1) is 10.8. The minimum Gasteiger partial charge on any atom is -0.464 e. The van der Waals surface area contributed by atoms with Gasteiger partial charge < -0.3 is 15.2 Å². The van der Waals surface area contributed by atoms with Gasteiger partial charge >= 0.3 is 0 Å². The third-order valence-electron chi connectivity index (χ3n) is 4.03. The van der Waals surface area contributed by atoms with Crippen LogP contribution in [0.4, 0.5) is 0 Å². The van der Waals surface area contributed by atoms with Gasteiger partial charge in [0.2, 0.25) is 6.41 Å². The Morgan fingerprint density at radius 3 is 2.95 bits per heavy atom. The summed E-state index contributed by atoms with van der Waals surface area (Å²) >= 11 is 6.26. The molecule has 22 heavy (non-hydrogen) atoms. The Balaban J connectivity index is 2.08. The van der Waals surface area contributed by atoms with Gasteiger partial charge in [-0.25, -0.2) is 0 Å². The molecule has 3 atom stereocenters. The molecular formula is C17H16ClNO3. The van der Waals surface area contributed by atoms with E-state index in [0.29, 0.717) is 6.41 Å². The summed E-state index contributed by atoms with van der Waals surface area (Å²) in [5.74, 6) is 0.323. The Hall–Kier alpha value is -2.04. The summed E-state index contributed by atoms with van der Waals surface area (Å²) in [4.78, 5) is 10.7. The fourth-order valence-corrected chi connectivity index (χ4v) is 3.32. The number of fused-ring (bicyclic) bond motifs is 2. The van der Waals surface area contributed by atoms with Crippen LogP contribution >= 0.6 is 11.6 Å². The highest BCUT2D eigenvalue weighted by atomic mass is 35.5. The van der Waals surface area contributed by atoms with Gasteiger partial charge in [0.1, 0.15) is 11.3 Å². The van der Waals surface area contributed by atoms with Crippen LogP contribution in [0.5, 0.6) is 5.75 Å². The van der Waals surface area contributed by atoms with Crippen molar-refractivity contribution in [2.75, 3.05) is 6.61 Å². The van der Waals surface area contributed by atoms with Gasteiger partial charge in [-0.2, -0.15) is 0 Å². The quantitative estimate of drug-likeness (QED) is 0.509. The summed E-state index contributed by atoms with van der Waals surface area (Å²) in [7, 11) is 0. The van der Waals surface area contributed by atoms with Crippen molar-refractivity contribution in [2.45, 2.75) is 5.50 Å². The van der Waals surface area contributed by atoms with E-state index in [1.165, 1.54) is 0 Å². The molecule has 5 heteroatoms. The zero-order chi connectivity index (χ0) is 15.5. The largest absolute Gasteiger partial charge is 0.464 e. The van der Waals surface area contributed by atoms with E-state index in [-0.39, 0.29) is 18.4 Å². The summed E-state index contributed by atoms with van der Waals surface area (Å²) in [6.45, 7) is -0.0697. The third-order valence-corrected chi connectivity index (χ3v) is 4.44. The van der Waals surface area contributed by atoms with Gasteiger partial charge in [-0.15, -0.1) is 0 Å². The van der Waals surface area contributed by atoms with E-state index in [1.807, 2.05) is 42.5 Å². The van der Waals surface area contributed by atoms with Crippen LogP contribution in [0.25, 0.3) is 5.57 Å². The van der Waals surface area contributed by atoms with E-state index < -0.39 is 5.50 Å². The smallest absolute Gasteiger partial charge is 0.208 e. The molecule has 0 saturated carbocycles. The number of carbonyl (C=O) groups excluding carboxylic acids is 1. The number of benzene rings is 1. The highest BCUT2D eigenvalue weighted by molar-refractivity contribution is 6.21. The SMILES string of the molecule is O=CNC(Cl)[C@H]1C=CC2=C(c3ccccc3OC=C2)[C@@H]1CO. The molecule has 1 aromatic rings. The monoisotopic (exact) mass is 317 g/mol. The van der Waals surface area contributed by atoms with Crippen molar-refractivity contribution >= 4 is 23.6 Å². The average molecular weight is 318 g/mol. The molecule has 2 aliphatic rings. The van der Waals surface area contributed by atoms with Gasteiger partial charge in [-0.05, 0) is 23.3 Å². The molecule has 1 unspecified atom stereocenters. The number of allylic oxidation sites excluding steroid dienone is 3.